The maximum atomic E-state index is 13.4. The third kappa shape index (κ3) is 4.11. The zero-order chi connectivity index (χ0) is 19.6. The Kier molecular flexibility index (Phi) is 6.05. The van der Waals surface area contributed by atoms with Crippen LogP contribution in [-0.4, -0.2) is 92.6 Å². The summed E-state index contributed by atoms with van der Waals surface area (Å²) in [4.78, 5) is 16.0. The lowest BCUT2D eigenvalue weighted by atomic mass is 10.1. The van der Waals surface area contributed by atoms with Crippen LogP contribution in [0.3, 0.4) is 0 Å². The van der Waals surface area contributed by atoms with Crippen LogP contribution < -0.4 is 4.74 Å². The number of benzene rings is 1. The number of para-hydroxylation sites is 1. The number of aliphatic hydroxyl groups is 1. The van der Waals surface area contributed by atoms with Crippen molar-refractivity contribution in [2.45, 2.75) is 29.9 Å². The zero-order valence-electron chi connectivity index (χ0n) is 15.7. The number of hydrogen-bond donors (Lipinski definition) is 1. The number of likely N-dealkylation sites (tertiary alicyclic amines) is 1. The number of β-amino-alcohol motifs (C(OH)–C–C–N with tert-alkyl or cyclic N) is 1. The monoisotopic (exact) mass is 397 g/mol. The van der Waals surface area contributed by atoms with Gasteiger partial charge in [0.15, 0.2) is 0 Å². The van der Waals surface area contributed by atoms with E-state index in [0.29, 0.717) is 38.2 Å². The summed E-state index contributed by atoms with van der Waals surface area (Å²) in [5.41, 5.74) is 0. The van der Waals surface area contributed by atoms with E-state index in [2.05, 4.69) is 4.90 Å². The van der Waals surface area contributed by atoms with Crippen LogP contribution in [0.2, 0.25) is 0 Å². The maximum absolute atomic E-state index is 13.4. The van der Waals surface area contributed by atoms with Crippen molar-refractivity contribution in [2.24, 2.45) is 0 Å². The number of hydrogen-bond acceptors (Lipinski definition) is 6. The molecule has 1 fully saturated rings. The van der Waals surface area contributed by atoms with E-state index >= 15 is 0 Å². The molecule has 1 amide bonds. The summed E-state index contributed by atoms with van der Waals surface area (Å²) in [6.45, 7) is 1.73. The molecule has 0 aromatic heterocycles. The number of likely N-dealkylation sites (N-methyl/N-ethyl adjacent to an activating group) is 1. The Labute approximate surface area is 160 Å². The predicted octanol–water partition coefficient (Wildman–Crippen LogP) is -0.0168. The second kappa shape index (κ2) is 8.14. The van der Waals surface area contributed by atoms with Crippen LogP contribution in [0.25, 0.3) is 0 Å². The van der Waals surface area contributed by atoms with Gasteiger partial charge >= 0.3 is 0 Å². The molecule has 9 heteroatoms. The molecule has 8 nitrogen and oxygen atoms in total. The Hall–Kier alpha value is -1.68. The van der Waals surface area contributed by atoms with Gasteiger partial charge in [-0.15, -0.1) is 0 Å². The van der Waals surface area contributed by atoms with Crippen molar-refractivity contribution in [1.82, 2.24) is 14.1 Å². The molecule has 0 saturated carbocycles. The normalized spacial score (nSPS) is 25.4. The van der Waals surface area contributed by atoms with Crippen LogP contribution in [0.4, 0.5) is 0 Å². The SMILES string of the molecule is CN(C)C(=O)CN1[C@@H]2CCN(CCO)CC[C@H]2Oc2ccccc2S1(=O)=O. The molecular formula is C18H27N3O5S. The summed E-state index contributed by atoms with van der Waals surface area (Å²) in [5.74, 6) is 0.0658. The number of rotatable bonds is 4. The lowest BCUT2D eigenvalue weighted by molar-refractivity contribution is -0.129. The molecule has 27 heavy (non-hydrogen) atoms. The minimum Gasteiger partial charge on any atom is -0.487 e. The van der Waals surface area contributed by atoms with Gasteiger partial charge in [0.05, 0.1) is 19.2 Å². The first-order valence-corrected chi connectivity index (χ1v) is 10.6. The highest BCUT2D eigenvalue weighted by molar-refractivity contribution is 7.89. The molecule has 1 N–H and O–H groups in total. The number of sulfonamides is 1. The van der Waals surface area contributed by atoms with Crippen molar-refractivity contribution in [2.75, 3.05) is 46.9 Å². The number of carbonyl (C=O) groups excluding carboxylic acids is 1. The van der Waals surface area contributed by atoms with Crippen LogP contribution in [0.1, 0.15) is 12.8 Å². The molecule has 2 atom stereocenters. The fraction of sp³-hybridized carbons (Fsp3) is 0.611. The van der Waals surface area contributed by atoms with Gasteiger partial charge in [0.25, 0.3) is 0 Å². The van der Waals surface area contributed by atoms with Crippen molar-refractivity contribution in [3.8, 4) is 5.75 Å². The number of carbonyl (C=O) groups is 1. The third-order valence-electron chi connectivity index (χ3n) is 5.19. The van der Waals surface area contributed by atoms with E-state index in [-0.39, 0.29) is 30.1 Å². The van der Waals surface area contributed by atoms with E-state index in [9.17, 15) is 18.3 Å². The highest BCUT2D eigenvalue weighted by Crippen LogP contribution is 2.36. The van der Waals surface area contributed by atoms with E-state index < -0.39 is 16.1 Å². The average molecular weight is 397 g/mol. The molecular weight excluding hydrogens is 370 g/mol. The minimum atomic E-state index is -3.87. The Balaban J connectivity index is 2.01. The molecule has 3 rings (SSSR count). The summed E-state index contributed by atoms with van der Waals surface area (Å²) in [6.07, 6.45) is 0.821. The average Bonchev–Trinajstić information content (AvgIpc) is 2.86. The Morgan fingerprint density at radius 2 is 1.96 bits per heavy atom. The van der Waals surface area contributed by atoms with Gasteiger partial charge in [-0.1, -0.05) is 12.1 Å². The van der Waals surface area contributed by atoms with Gasteiger partial charge in [-0.05, 0) is 31.5 Å². The lowest BCUT2D eigenvalue weighted by Crippen LogP contribution is -2.50. The van der Waals surface area contributed by atoms with Crippen LogP contribution in [0, 0.1) is 0 Å². The summed E-state index contributed by atoms with van der Waals surface area (Å²) in [6, 6.07) is 6.17. The van der Waals surface area contributed by atoms with Crippen molar-refractivity contribution in [3.63, 3.8) is 0 Å². The van der Waals surface area contributed by atoms with Crippen LogP contribution >= 0.6 is 0 Å². The first-order chi connectivity index (χ1) is 12.8. The molecule has 1 saturated heterocycles. The highest BCUT2D eigenvalue weighted by Gasteiger charge is 2.44. The highest BCUT2D eigenvalue weighted by atomic mass is 32.2. The molecule has 0 radical (unpaired) electrons. The molecule has 2 aliphatic heterocycles. The van der Waals surface area contributed by atoms with Crippen molar-refractivity contribution in [3.05, 3.63) is 24.3 Å². The maximum Gasteiger partial charge on any atom is 0.247 e. The number of fused-ring (bicyclic) bond motifs is 2. The Bertz CT molecular complexity index is 783. The van der Waals surface area contributed by atoms with Gasteiger partial charge in [-0.3, -0.25) is 4.79 Å². The topological polar surface area (TPSA) is 90.4 Å². The molecule has 0 aliphatic carbocycles. The quantitative estimate of drug-likeness (QED) is 0.768. The van der Waals surface area contributed by atoms with Crippen molar-refractivity contribution in [1.29, 1.82) is 0 Å². The van der Waals surface area contributed by atoms with E-state index in [1.807, 2.05) is 0 Å². The molecule has 1 aromatic carbocycles. The van der Waals surface area contributed by atoms with Crippen LogP contribution in [0.15, 0.2) is 29.2 Å². The minimum absolute atomic E-state index is 0.0557. The van der Waals surface area contributed by atoms with E-state index in [0.717, 1.165) is 0 Å². The van der Waals surface area contributed by atoms with Gasteiger partial charge in [-0.25, -0.2) is 8.42 Å². The second-order valence-electron chi connectivity index (χ2n) is 7.15. The Morgan fingerprint density at radius 1 is 1.26 bits per heavy atom. The van der Waals surface area contributed by atoms with Crippen LogP contribution in [-0.2, 0) is 14.8 Å². The van der Waals surface area contributed by atoms with E-state index in [1.165, 1.54) is 15.3 Å². The van der Waals surface area contributed by atoms with Gasteiger partial charge in [0.2, 0.25) is 15.9 Å². The summed E-state index contributed by atoms with van der Waals surface area (Å²) in [7, 11) is -0.640. The van der Waals surface area contributed by atoms with Crippen molar-refractivity contribution < 1.29 is 23.1 Å². The van der Waals surface area contributed by atoms with Gasteiger partial charge in [0, 0.05) is 27.2 Å². The van der Waals surface area contributed by atoms with Gasteiger partial charge in [-0.2, -0.15) is 4.31 Å². The largest absolute Gasteiger partial charge is 0.487 e. The fourth-order valence-electron chi connectivity index (χ4n) is 3.65. The number of amides is 1. The summed E-state index contributed by atoms with van der Waals surface area (Å²) >= 11 is 0. The number of nitrogens with zero attached hydrogens (tertiary/aromatic N) is 3. The third-order valence-corrected chi connectivity index (χ3v) is 7.10. The molecule has 0 spiro atoms. The fourth-order valence-corrected chi connectivity index (χ4v) is 5.40. The smallest absolute Gasteiger partial charge is 0.247 e. The summed E-state index contributed by atoms with van der Waals surface area (Å²) in [5, 5.41) is 9.23. The molecule has 2 heterocycles. The first-order valence-electron chi connectivity index (χ1n) is 9.15. The second-order valence-corrected chi connectivity index (χ2v) is 9.01. The first kappa shape index (κ1) is 20.1. The zero-order valence-corrected chi connectivity index (χ0v) is 16.6. The number of ether oxygens (including phenoxy) is 1. The molecule has 0 bridgehead atoms. The Morgan fingerprint density at radius 3 is 2.67 bits per heavy atom. The van der Waals surface area contributed by atoms with E-state index in [4.69, 9.17) is 4.74 Å². The predicted molar refractivity (Wildman–Crippen MR) is 100.0 cm³/mol. The van der Waals surface area contributed by atoms with Crippen LogP contribution in [0.5, 0.6) is 5.75 Å². The number of aliphatic hydroxyl groups excluding tert-OH is 1. The molecule has 150 valence electrons. The lowest BCUT2D eigenvalue weighted by Gasteiger charge is -2.32. The molecule has 1 aromatic rings. The van der Waals surface area contributed by atoms with E-state index in [1.54, 1.807) is 32.3 Å². The van der Waals surface area contributed by atoms with Gasteiger partial charge in [0.1, 0.15) is 16.7 Å². The molecule has 2 aliphatic rings. The van der Waals surface area contributed by atoms with Crippen molar-refractivity contribution >= 4 is 15.9 Å². The molecule has 0 unspecified atom stereocenters. The van der Waals surface area contributed by atoms with Gasteiger partial charge < -0.3 is 19.6 Å². The standard InChI is InChI=1S/C18H27N3O5S/c1-19(2)18(23)13-21-14-7-9-20(11-12-22)10-8-15(14)26-16-5-3-4-6-17(16)27(21,24)25/h3-6,14-15,22H,7-13H2,1-2H3/t14-,15-/m1/s1. The summed E-state index contributed by atoms with van der Waals surface area (Å²) < 4.78 is 34.2.